The van der Waals surface area contributed by atoms with Crippen LogP contribution in [0.15, 0.2) is 108 Å². The van der Waals surface area contributed by atoms with E-state index in [2.05, 4.69) is 5.32 Å². The summed E-state index contributed by atoms with van der Waals surface area (Å²) >= 11 is 12.7. The van der Waals surface area contributed by atoms with Gasteiger partial charge in [-0.15, -0.1) is 0 Å². The van der Waals surface area contributed by atoms with Gasteiger partial charge in [-0.3, -0.25) is 13.9 Å². The van der Waals surface area contributed by atoms with E-state index in [1.165, 1.54) is 35.2 Å². The minimum absolute atomic E-state index is 0.00702. The second-order valence-electron chi connectivity index (χ2n) is 10.7. The maximum atomic E-state index is 14.5. The van der Waals surface area contributed by atoms with E-state index >= 15 is 0 Å². The lowest BCUT2D eigenvalue weighted by atomic mass is 10.0. The lowest BCUT2D eigenvalue weighted by Gasteiger charge is -2.34. The number of aryl methyl sites for hydroxylation is 1. The van der Waals surface area contributed by atoms with Crippen LogP contribution in [0.3, 0.4) is 0 Å². The summed E-state index contributed by atoms with van der Waals surface area (Å²) in [5, 5.41) is 3.38. The summed E-state index contributed by atoms with van der Waals surface area (Å²) in [7, 11) is -4.26. The Kier molecular flexibility index (Phi) is 12.0. The molecule has 4 rings (SSSR count). The second kappa shape index (κ2) is 15.9. The molecule has 0 bridgehead atoms. The molecular formula is C35H37Cl2N3O4S. The van der Waals surface area contributed by atoms with E-state index in [4.69, 9.17) is 23.2 Å². The van der Waals surface area contributed by atoms with Crippen molar-refractivity contribution < 1.29 is 18.0 Å². The van der Waals surface area contributed by atoms with Crippen LogP contribution in [0.2, 0.25) is 10.0 Å². The molecule has 0 aliphatic heterocycles. The molecule has 0 aromatic heterocycles. The number of anilines is 1. The van der Waals surface area contributed by atoms with Gasteiger partial charge in [-0.05, 0) is 60.4 Å². The maximum Gasteiger partial charge on any atom is 0.264 e. The largest absolute Gasteiger partial charge is 0.354 e. The van der Waals surface area contributed by atoms with Gasteiger partial charge < -0.3 is 10.2 Å². The lowest BCUT2D eigenvalue weighted by Crippen LogP contribution is -2.53. The molecule has 1 atom stereocenters. The lowest BCUT2D eigenvalue weighted by molar-refractivity contribution is -0.140. The van der Waals surface area contributed by atoms with E-state index < -0.39 is 28.5 Å². The number of nitrogens with one attached hydrogen (secondary N) is 1. The third-order valence-electron chi connectivity index (χ3n) is 7.49. The standard InChI is InChI=1S/C35H37Cl2N3O4S/c1-3-4-21-38-35(42)33(22-27-14-7-5-8-15-27)39(24-28-16-12-11-13-26(28)2)34(41)25-40(32-20-19-29(36)23-31(32)37)45(43,44)30-17-9-6-10-18-30/h5-20,23,33H,3-4,21-22,24-25H2,1-2H3,(H,38,42). The molecule has 2 amide bonds. The summed E-state index contributed by atoms with van der Waals surface area (Å²) in [4.78, 5) is 29.8. The quantitative estimate of drug-likeness (QED) is 0.146. The number of hydrogen-bond acceptors (Lipinski definition) is 4. The number of rotatable bonds is 14. The molecule has 0 spiro atoms. The fourth-order valence-electron chi connectivity index (χ4n) is 4.95. The molecule has 4 aromatic carbocycles. The zero-order chi connectivity index (χ0) is 32.4. The second-order valence-corrected chi connectivity index (χ2v) is 13.4. The highest BCUT2D eigenvalue weighted by atomic mass is 35.5. The first-order chi connectivity index (χ1) is 21.6. The molecule has 4 aromatic rings. The average molecular weight is 667 g/mol. The molecular weight excluding hydrogens is 629 g/mol. The van der Waals surface area contributed by atoms with Gasteiger partial charge in [0, 0.05) is 24.5 Å². The first-order valence-electron chi connectivity index (χ1n) is 14.8. The van der Waals surface area contributed by atoms with E-state index in [9.17, 15) is 18.0 Å². The molecule has 0 fully saturated rings. The summed E-state index contributed by atoms with van der Waals surface area (Å²) < 4.78 is 29.2. The zero-order valence-electron chi connectivity index (χ0n) is 25.3. The first kappa shape index (κ1) is 34.0. The Morgan fingerprint density at radius 1 is 0.867 bits per heavy atom. The van der Waals surface area contributed by atoms with Crippen LogP contribution in [0.5, 0.6) is 0 Å². The van der Waals surface area contributed by atoms with Crippen LogP contribution in [0.4, 0.5) is 5.69 Å². The molecule has 0 radical (unpaired) electrons. The molecule has 0 saturated heterocycles. The van der Waals surface area contributed by atoms with Gasteiger partial charge in [0.2, 0.25) is 11.8 Å². The SMILES string of the molecule is CCCCNC(=O)C(Cc1ccccc1)N(Cc1ccccc1C)C(=O)CN(c1ccc(Cl)cc1Cl)S(=O)(=O)c1ccccc1. The highest BCUT2D eigenvalue weighted by Gasteiger charge is 2.35. The third kappa shape index (κ3) is 8.87. The monoisotopic (exact) mass is 665 g/mol. The summed E-state index contributed by atoms with van der Waals surface area (Å²) in [6.07, 6.45) is 1.92. The summed E-state index contributed by atoms with van der Waals surface area (Å²) in [5.74, 6) is -0.869. The molecule has 0 aliphatic rings. The molecule has 1 unspecified atom stereocenters. The van der Waals surface area contributed by atoms with Crippen molar-refractivity contribution in [2.24, 2.45) is 0 Å². The first-order valence-corrected chi connectivity index (χ1v) is 17.0. The Balaban J connectivity index is 1.81. The van der Waals surface area contributed by atoms with Gasteiger partial charge in [-0.25, -0.2) is 8.42 Å². The number of carbonyl (C=O) groups excluding carboxylic acids is 2. The van der Waals surface area contributed by atoms with Crippen molar-refractivity contribution in [1.82, 2.24) is 10.2 Å². The van der Waals surface area contributed by atoms with E-state index in [1.54, 1.807) is 18.2 Å². The molecule has 1 N–H and O–H groups in total. The average Bonchev–Trinajstić information content (AvgIpc) is 3.03. The molecule has 0 aliphatic carbocycles. The predicted molar refractivity (Wildman–Crippen MR) is 181 cm³/mol. The molecule has 10 heteroatoms. The summed E-state index contributed by atoms with van der Waals surface area (Å²) in [5.41, 5.74) is 2.74. The van der Waals surface area contributed by atoms with Crippen molar-refractivity contribution in [2.75, 3.05) is 17.4 Å². The van der Waals surface area contributed by atoms with Crippen LogP contribution in [0.1, 0.15) is 36.5 Å². The Hall–Kier alpha value is -3.85. The van der Waals surface area contributed by atoms with E-state index in [1.807, 2.05) is 68.4 Å². The van der Waals surface area contributed by atoms with Gasteiger partial charge in [-0.2, -0.15) is 0 Å². The topological polar surface area (TPSA) is 86.8 Å². The van der Waals surface area contributed by atoms with Crippen LogP contribution >= 0.6 is 23.2 Å². The molecule has 0 heterocycles. The smallest absolute Gasteiger partial charge is 0.264 e. The van der Waals surface area contributed by atoms with Gasteiger partial charge in [0.25, 0.3) is 10.0 Å². The Labute approximate surface area is 275 Å². The number of sulfonamides is 1. The van der Waals surface area contributed by atoms with Gasteiger partial charge in [-0.1, -0.05) is 109 Å². The van der Waals surface area contributed by atoms with Gasteiger partial charge >= 0.3 is 0 Å². The van der Waals surface area contributed by atoms with Crippen molar-refractivity contribution in [1.29, 1.82) is 0 Å². The number of hydrogen-bond donors (Lipinski definition) is 1. The molecule has 236 valence electrons. The number of carbonyl (C=O) groups is 2. The van der Waals surface area contributed by atoms with Crippen molar-refractivity contribution >= 4 is 50.7 Å². The van der Waals surface area contributed by atoms with Crippen LogP contribution in [0, 0.1) is 6.92 Å². The van der Waals surface area contributed by atoms with Crippen molar-refractivity contribution in [3.05, 3.63) is 130 Å². The Bertz CT molecular complexity index is 1700. The van der Waals surface area contributed by atoms with Crippen LogP contribution < -0.4 is 9.62 Å². The maximum absolute atomic E-state index is 14.5. The number of nitrogens with zero attached hydrogens (tertiary/aromatic N) is 2. The minimum atomic E-state index is -4.26. The minimum Gasteiger partial charge on any atom is -0.354 e. The third-order valence-corrected chi connectivity index (χ3v) is 9.80. The zero-order valence-corrected chi connectivity index (χ0v) is 27.7. The van der Waals surface area contributed by atoms with Crippen LogP contribution in [-0.2, 0) is 32.6 Å². The van der Waals surface area contributed by atoms with E-state index in [-0.39, 0.29) is 34.5 Å². The summed E-state index contributed by atoms with van der Waals surface area (Å²) in [6.45, 7) is 3.92. The van der Waals surface area contributed by atoms with E-state index in [0.717, 1.165) is 33.8 Å². The Morgan fingerprint density at radius 3 is 2.16 bits per heavy atom. The number of benzene rings is 4. The normalized spacial score (nSPS) is 11.9. The fourth-order valence-corrected chi connectivity index (χ4v) is 6.96. The van der Waals surface area contributed by atoms with Gasteiger partial charge in [0.1, 0.15) is 12.6 Å². The Morgan fingerprint density at radius 2 is 1.51 bits per heavy atom. The van der Waals surface area contributed by atoms with Crippen molar-refractivity contribution in [2.45, 2.75) is 50.6 Å². The van der Waals surface area contributed by atoms with Crippen molar-refractivity contribution in [3.63, 3.8) is 0 Å². The highest BCUT2D eigenvalue weighted by molar-refractivity contribution is 7.92. The van der Waals surface area contributed by atoms with E-state index in [0.29, 0.717) is 11.6 Å². The predicted octanol–water partition coefficient (Wildman–Crippen LogP) is 7.05. The number of halogens is 2. The number of unbranched alkanes of at least 4 members (excludes halogenated alkanes) is 1. The van der Waals surface area contributed by atoms with Crippen molar-refractivity contribution in [3.8, 4) is 0 Å². The van der Waals surface area contributed by atoms with Gasteiger partial charge in [0.15, 0.2) is 0 Å². The molecule has 7 nitrogen and oxygen atoms in total. The summed E-state index contributed by atoms with van der Waals surface area (Å²) in [6, 6.07) is 28.4. The molecule has 0 saturated carbocycles. The number of amides is 2. The molecule has 45 heavy (non-hydrogen) atoms. The highest BCUT2D eigenvalue weighted by Crippen LogP contribution is 2.33. The fraction of sp³-hybridized carbons (Fsp3) is 0.257. The van der Waals surface area contributed by atoms with Crippen LogP contribution in [0.25, 0.3) is 0 Å². The van der Waals surface area contributed by atoms with Gasteiger partial charge in [0.05, 0.1) is 15.6 Å². The van der Waals surface area contributed by atoms with Crippen LogP contribution in [-0.4, -0.2) is 44.3 Å².